The maximum atomic E-state index is 12.5. The molecule has 0 bridgehead atoms. The van der Waals surface area contributed by atoms with E-state index in [-0.39, 0.29) is 11.8 Å². The largest absolute Gasteiger partial charge is 0.481 e. The molecule has 154 valence electrons. The Hall–Kier alpha value is -2.65. The Morgan fingerprint density at radius 1 is 0.889 bits per heavy atom. The van der Waals surface area contributed by atoms with E-state index in [2.05, 4.69) is 16.0 Å². The number of primary amides is 1. The molecule has 0 heterocycles. The molecule has 0 saturated heterocycles. The number of nitrogens with one attached hydrogen (secondary N) is 3. The van der Waals surface area contributed by atoms with Gasteiger partial charge >= 0.3 is 5.97 Å². The van der Waals surface area contributed by atoms with Crippen LogP contribution < -0.4 is 21.7 Å². The summed E-state index contributed by atoms with van der Waals surface area (Å²) in [6, 6.07) is -3.34. The lowest BCUT2D eigenvalue weighted by atomic mass is 10.0. The van der Waals surface area contributed by atoms with Crippen molar-refractivity contribution in [1.29, 1.82) is 0 Å². The van der Waals surface area contributed by atoms with E-state index in [1.165, 1.54) is 6.92 Å². The fourth-order valence-corrected chi connectivity index (χ4v) is 2.42. The van der Waals surface area contributed by atoms with Crippen LogP contribution in [0.5, 0.6) is 0 Å². The lowest BCUT2D eigenvalue weighted by Gasteiger charge is -2.25. The van der Waals surface area contributed by atoms with Gasteiger partial charge in [-0.2, -0.15) is 0 Å². The third kappa shape index (κ3) is 9.57. The summed E-state index contributed by atoms with van der Waals surface area (Å²) in [6.07, 6.45) is -0.377. The minimum atomic E-state index is -1.42. The van der Waals surface area contributed by atoms with E-state index in [9.17, 15) is 24.0 Å². The molecule has 0 spiro atoms. The van der Waals surface area contributed by atoms with Gasteiger partial charge in [0.25, 0.3) is 0 Å². The average Bonchev–Trinajstić information content (AvgIpc) is 2.48. The summed E-state index contributed by atoms with van der Waals surface area (Å²) in [7, 11) is 0. The first-order valence-corrected chi connectivity index (χ1v) is 8.74. The molecule has 27 heavy (non-hydrogen) atoms. The summed E-state index contributed by atoms with van der Waals surface area (Å²) in [6.45, 7) is 8.28. The number of rotatable bonds is 11. The van der Waals surface area contributed by atoms with Crippen molar-refractivity contribution in [2.75, 3.05) is 0 Å². The monoisotopic (exact) mass is 386 g/mol. The van der Waals surface area contributed by atoms with Gasteiger partial charge in [0.15, 0.2) is 0 Å². The molecule has 0 radical (unpaired) electrons. The number of hydrogen-bond acceptors (Lipinski definition) is 5. The van der Waals surface area contributed by atoms with Crippen molar-refractivity contribution in [2.24, 2.45) is 17.6 Å². The SMILES string of the molecule is CC(=O)N[C@@H](CC(C)C)C(=O)N[C@@H](CC(=O)O)C(=O)N[C@H](C(N)=O)C(C)C. The van der Waals surface area contributed by atoms with Crippen LogP contribution in [0.4, 0.5) is 0 Å². The van der Waals surface area contributed by atoms with E-state index in [0.717, 1.165) is 0 Å². The summed E-state index contributed by atoms with van der Waals surface area (Å²) >= 11 is 0. The van der Waals surface area contributed by atoms with Gasteiger partial charge in [-0.05, 0) is 18.3 Å². The van der Waals surface area contributed by atoms with Gasteiger partial charge in [-0.25, -0.2) is 0 Å². The molecule has 0 aliphatic carbocycles. The second kappa shape index (κ2) is 11.1. The molecule has 0 rings (SSSR count). The Kier molecular flexibility index (Phi) is 10.1. The molecule has 0 aromatic rings. The molecule has 6 N–H and O–H groups in total. The summed E-state index contributed by atoms with van der Waals surface area (Å²) in [4.78, 5) is 58.7. The molecular weight excluding hydrogens is 356 g/mol. The van der Waals surface area contributed by atoms with E-state index in [1.54, 1.807) is 13.8 Å². The Labute approximate surface area is 158 Å². The fourth-order valence-electron chi connectivity index (χ4n) is 2.42. The zero-order valence-corrected chi connectivity index (χ0v) is 16.4. The number of amides is 4. The summed E-state index contributed by atoms with van der Waals surface area (Å²) in [5.74, 6) is -4.27. The second-order valence-corrected chi connectivity index (χ2v) is 7.17. The number of carboxylic acids is 1. The zero-order valence-electron chi connectivity index (χ0n) is 16.4. The molecule has 10 heteroatoms. The van der Waals surface area contributed by atoms with Crippen molar-refractivity contribution in [3.63, 3.8) is 0 Å². The van der Waals surface area contributed by atoms with Gasteiger partial charge in [0.2, 0.25) is 23.6 Å². The number of carboxylic acid groups (broad SMARTS) is 1. The molecule has 0 aromatic heterocycles. The van der Waals surface area contributed by atoms with E-state index in [4.69, 9.17) is 10.8 Å². The predicted octanol–water partition coefficient (Wildman–Crippen LogP) is -0.877. The van der Waals surface area contributed by atoms with E-state index >= 15 is 0 Å². The minimum absolute atomic E-state index is 0.0690. The van der Waals surface area contributed by atoms with Crippen molar-refractivity contribution >= 4 is 29.6 Å². The van der Waals surface area contributed by atoms with Crippen LogP contribution in [0.15, 0.2) is 0 Å². The van der Waals surface area contributed by atoms with Crippen LogP contribution in [0.25, 0.3) is 0 Å². The maximum Gasteiger partial charge on any atom is 0.305 e. The van der Waals surface area contributed by atoms with Gasteiger partial charge in [0.05, 0.1) is 6.42 Å². The molecule has 0 aliphatic rings. The van der Waals surface area contributed by atoms with Gasteiger partial charge in [-0.1, -0.05) is 27.7 Å². The third-order valence-electron chi connectivity index (χ3n) is 3.68. The number of carbonyl (C=O) groups is 5. The minimum Gasteiger partial charge on any atom is -0.481 e. The van der Waals surface area contributed by atoms with Crippen molar-refractivity contribution in [2.45, 2.75) is 65.6 Å². The quantitative estimate of drug-likeness (QED) is 0.309. The smallest absolute Gasteiger partial charge is 0.305 e. The Balaban J connectivity index is 5.34. The first-order chi connectivity index (χ1) is 12.3. The molecule has 3 atom stereocenters. The van der Waals surface area contributed by atoms with Crippen molar-refractivity contribution in [3.05, 3.63) is 0 Å². The fraction of sp³-hybridized carbons (Fsp3) is 0.706. The highest BCUT2D eigenvalue weighted by Crippen LogP contribution is 2.07. The second-order valence-electron chi connectivity index (χ2n) is 7.17. The van der Waals surface area contributed by atoms with Crippen LogP contribution in [0, 0.1) is 11.8 Å². The van der Waals surface area contributed by atoms with E-state index in [0.29, 0.717) is 6.42 Å². The van der Waals surface area contributed by atoms with Crippen LogP contribution in [0.2, 0.25) is 0 Å². The molecule has 10 nitrogen and oxygen atoms in total. The lowest BCUT2D eigenvalue weighted by Crippen LogP contribution is -2.57. The van der Waals surface area contributed by atoms with Crippen LogP contribution in [-0.4, -0.2) is 52.8 Å². The van der Waals surface area contributed by atoms with Crippen molar-refractivity contribution in [3.8, 4) is 0 Å². The van der Waals surface area contributed by atoms with Gasteiger partial charge in [0, 0.05) is 6.92 Å². The molecule has 0 aliphatic heterocycles. The van der Waals surface area contributed by atoms with E-state index in [1.807, 2.05) is 13.8 Å². The first kappa shape index (κ1) is 24.4. The molecular formula is C17H30N4O6. The predicted molar refractivity (Wildman–Crippen MR) is 97.2 cm³/mol. The van der Waals surface area contributed by atoms with Crippen LogP contribution in [-0.2, 0) is 24.0 Å². The topological polar surface area (TPSA) is 168 Å². The van der Waals surface area contributed by atoms with Crippen LogP contribution in [0.3, 0.4) is 0 Å². The van der Waals surface area contributed by atoms with E-state index < -0.39 is 54.1 Å². The highest BCUT2D eigenvalue weighted by atomic mass is 16.4. The molecule has 0 aromatic carbocycles. The van der Waals surface area contributed by atoms with Gasteiger partial charge < -0.3 is 26.8 Å². The highest BCUT2D eigenvalue weighted by molar-refractivity contribution is 5.95. The molecule has 0 fully saturated rings. The van der Waals surface area contributed by atoms with Gasteiger partial charge in [0.1, 0.15) is 18.1 Å². The number of aliphatic carboxylic acids is 1. The summed E-state index contributed by atoms with van der Waals surface area (Å²) in [5, 5.41) is 16.2. The normalized spacial score (nSPS) is 14.2. The number of carbonyl (C=O) groups excluding carboxylic acids is 4. The molecule has 0 saturated carbocycles. The van der Waals surface area contributed by atoms with Crippen LogP contribution in [0.1, 0.15) is 47.5 Å². The summed E-state index contributed by atoms with van der Waals surface area (Å²) < 4.78 is 0. The summed E-state index contributed by atoms with van der Waals surface area (Å²) in [5.41, 5.74) is 5.24. The maximum absolute atomic E-state index is 12.5. The van der Waals surface area contributed by atoms with Gasteiger partial charge in [-0.15, -0.1) is 0 Å². The first-order valence-electron chi connectivity index (χ1n) is 8.74. The zero-order chi connectivity index (χ0) is 21.3. The van der Waals surface area contributed by atoms with Crippen LogP contribution >= 0.6 is 0 Å². The van der Waals surface area contributed by atoms with Crippen molar-refractivity contribution < 1.29 is 29.1 Å². The Bertz CT molecular complexity index is 576. The molecule has 0 unspecified atom stereocenters. The molecule has 4 amide bonds. The Morgan fingerprint density at radius 3 is 1.78 bits per heavy atom. The number of nitrogens with two attached hydrogens (primary N) is 1. The number of hydrogen-bond donors (Lipinski definition) is 5. The lowest BCUT2D eigenvalue weighted by molar-refractivity contribution is -0.141. The van der Waals surface area contributed by atoms with Crippen molar-refractivity contribution in [1.82, 2.24) is 16.0 Å². The highest BCUT2D eigenvalue weighted by Gasteiger charge is 2.31. The third-order valence-corrected chi connectivity index (χ3v) is 3.68. The average molecular weight is 386 g/mol. The van der Waals surface area contributed by atoms with Gasteiger partial charge in [-0.3, -0.25) is 24.0 Å². The standard InChI is InChI=1S/C17H30N4O6/c1-8(2)6-11(19-10(5)22)16(26)20-12(7-13(23)24)17(27)21-14(9(3)4)15(18)25/h8-9,11-12,14H,6-7H2,1-5H3,(H2,18,25)(H,19,22)(H,20,26)(H,21,27)(H,23,24)/t11-,12-,14-/m0/s1. The Morgan fingerprint density at radius 2 is 1.41 bits per heavy atom.